The zero-order valence-electron chi connectivity index (χ0n) is 22.1. The molecule has 1 amide bonds. The zero-order valence-corrected chi connectivity index (χ0v) is 22.9. The molecule has 7 nitrogen and oxygen atoms in total. The van der Waals surface area contributed by atoms with Crippen LogP contribution in [0.25, 0.3) is 0 Å². The molecule has 0 aromatic heterocycles. The Morgan fingerprint density at radius 3 is 2.18 bits per heavy atom. The minimum atomic E-state index is -3.58. The fraction of sp³-hybridized carbons (Fsp3) is 0.367. The van der Waals surface area contributed by atoms with Gasteiger partial charge in [0.1, 0.15) is 5.75 Å². The molecule has 0 aliphatic carbocycles. The first-order valence-corrected chi connectivity index (χ1v) is 14.7. The first-order chi connectivity index (χ1) is 18.3. The molecule has 3 aromatic carbocycles. The van der Waals surface area contributed by atoms with E-state index in [1.165, 1.54) is 0 Å². The number of anilines is 2. The summed E-state index contributed by atoms with van der Waals surface area (Å²) < 4.78 is 33.8. The summed E-state index contributed by atoms with van der Waals surface area (Å²) in [7, 11) is -1.96. The smallest absolute Gasteiger partial charge is 0.239 e. The Kier molecular flexibility index (Phi) is 9.42. The van der Waals surface area contributed by atoms with E-state index in [0.717, 1.165) is 42.9 Å². The Morgan fingerprint density at radius 1 is 0.974 bits per heavy atom. The van der Waals surface area contributed by atoms with Crippen LogP contribution in [-0.2, 0) is 20.6 Å². The minimum absolute atomic E-state index is 0.0175. The van der Waals surface area contributed by atoms with Gasteiger partial charge in [-0.3, -0.25) is 14.0 Å². The fourth-order valence-corrected chi connectivity index (χ4v) is 6.59. The van der Waals surface area contributed by atoms with E-state index in [1.807, 2.05) is 84.9 Å². The topological polar surface area (TPSA) is 79.0 Å². The molecule has 0 radical (unpaired) electrons. The molecule has 38 heavy (non-hydrogen) atoms. The number of benzene rings is 3. The van der Waals surface area contributed by atoms with Crippen molar-refractivity contribution in [3.8, 4) is 5.75 Å². The average Bonchev–Trinajstić information content (AvgIpc) is 2.93. The lowest BCUT2D eigenvalue weighted by atomic mass is 9.92. The Hall–Kier alpha value is -3.36. The second-order valence-electron chi connectivity index (χ2n) is 9.92. The van der Waals surface area contributed by atoms with Crippen molar-refractivity contribution in [3.05, 3.63) is 90.5 Å². The lowest BCUT2D eigenvalue weighted by molar-refractivity contribution is -0.117. The molecular formula is C30H37N3O4S. The van der Waals surface area contributed by atoms with Crippen LogP contribution in [0.4, 0.5) is 11.4 Å². The van der Waals surface area contributed by atoms with E-state index >= 15 is 0 Å². The Morgan fingerprint density at radius 2 is 1.58 bits per heavy atom. The van der Waals surface area contributed by atoms with Gasteiger partial charge in [-0.25, -0.2) is 8.42 Å². The summed E-state index contributed by atoms with van der Waals surface area (Å²) in [4.78, 5) is 14.9. The molecule has 0 spiro atoms. The van der Waals surface area contributed by atoms with E-state index in [4.69, 9.17) is 4.74 Å². The lowest BCUT2D eigenvalue weighted by Gasteiger charge is -2.38. The van der Waals surface area contributed by atoms with Gasteiger partial charge >= 0.3 is 0 Å². The molecule has 202 valence electrons. The van der Waals surface area contributed by atoms with Crippen LogP contribution in [0.5, 0.6) is 5.75 Å². The van der Waals surface area contributed by atoms with Gasteiger partial charge < -0.3 is 10.1 Å². The number of hydrogen-bond donors (Lipinski definition) is 1. The number of hydrogen-bond acceptors (Lipinski definition) is 5. The number of likely N-dealkylation sites (tertiary alicyclic amines) is 1. The van der Waals surface area contributed by atoms with E-state index in [2.05, 4.69) is 17.1 Å². The fourth-order valence-electron chi connectivity index (χ4n) is 4.94. The van der Waals surface area contributed by atoms with Crippen LogP contribution in [0.2, 0.25) is 0 Å². The summed E-state index contributed by atoms with van der Waals surface area (Å²) in [5, 5.41) is 2.97. The standard InChI is InChI=1S/C30H37N3O4S/c1-24(22-33(28-11-7-4-8-12-28)38(35,36)23-26-9-5-3-6-10-26)32-19-17-25(18-20-32)21-30(34)31-27-13-15-29(37-2)16-14-27/h3-16,24-25H,17-23H2,1-2H3,(H,31,34)/t24-/m1/s1. The highest BCUT2D eigenvalue weighted by molar-refractivity contribution is 7.92. The number of methoxy groups -OCH3 is 1. The number of carbonyl (C=O) groups is 1. The molecule has 1 fully saturated rings. The van der Waals surface area contributed by atoms with Crippen molar-refractivity contribution < 1.29 is 17.9 Å². The van der Waals surface area contributed by atoms with E-state index in [1.54, 1.807) is 11.4 Å². The molecule has 4 rings (SSSR count). The summed E-state index contributed by atoms with van der Waals surface area (Å²) in [6.45, 7) is 4.14. The Labute approximate surface area is 226 Å². The summed E-state index contributed by atoms with van der Waals surface area (Å²) >= 11 is 0. The molecule has 8 heteroatoms. The maximum Gasteiger partial charge on any atom is 0.239 e. The first-order valence-electron chi connectivity index (χ1n) is 13.1. The molecule has 0 saturated carbocycles. The van der Waals surface area contributed by atoms with Crippen molar-refractivity contribution in [2.45, 2.75) is 38.0 Å². The van der Waals surface area contributed by atoms with Crippen LogP contribution < -0.4 is 14.4 Å². The van der Waals surface area contributed by atoms with Crippen LogP contribution in [0.1, 0.15) is 31.7 Å². The number of nitrogens with zero attached hydrogens (tertiary/aromatic N) is 2. The molecule has 0 unspecified atom stereocenters. The zero-order chi connectivity index (χ0) is 27.0. The quantitative estimate of drug-likeness (QED) is 0.367. The third kappa shape index (κ3) is 7.58. The van der Waals surface area contributed by atoms with Crippen molar-refractivity contribution in [2.75, 3.05) is 36.4 Å². The Bertz CT molecular complexity index is 1260. The molecule has 3 aromatic rings. The molecule has 1 N–H and O–H groups in total. The van der Waals surface area contributed by atoms with Gasteiger partial charge in [-0.15, -0.1) is 0 Å². The third-order valence-electron chi connectivity index (χ3n) is 7.12. The van der Waals surface area contributed by atoms with Gasteiger partial charge in [-0.2, -0.15) is 0 Å². The molecule has 1 heterocycles. The Balaban J connectivity index is 1.33. The van der Waals surface area contributed by atoms with Crippen LogP contribution in [0.3, 0.4) is 0 Å². The van der Waals surface area contributed by atoms with Crippen molar-refractivity contribution in [3.63, 3.8) is 0 Å². The van der Waals surface area contributed by atoms with Crippen molar-refractivity contribution in [1.29, 1.82) is 0 Å². The highest BCUT2D eigenvalue weighted by Gasteiger charge is 2.29. The SMILES string of the molecule is COc1ccc(NC(=O)CC2CCN([C@H](C)CN(c3ccccc3)S(=O)(=O)Cc3ccccc3)CC2)cc1. The number of ether oxygens (including phenoxy) is 1. The number of amides is 1. The van der Waals surface area contributed by atoms with Crippen LogP contribution in [0, 0.1) is 5.92 Å². The highest BCUT2D eigenvalue weighted by Crippen LogP contribution is 2.26. The van der Waals surface area contributed by atoms with Crippen molar-refractivity contribution in [1.82, 2.24) is 4.90 Å². The molecule has 0 bridgehead atoms. The van der Waals surface area contributed by atoms with Gasteiger partial charge in [0.25, 0.3) is 0 Å². The minimum Gasteiger partial charge on any atom is -0.497 e. The first kappa shape index (κ1) is 27.7. The van der Waals surface area contributed by atoms with Crippen LogP contribution in [-0.4, -0.2) is 52.0 Å². The van der Waals surface area contributed by atoms with E-state index < -0.39 is 10.0 Å². The summed E-state index contributed by atoms with van der Waals surface area (Å²) in [5.74, 6) is 1.04. The molecule has 1 atom stereocenters. The maximum absolute atomic E-state index is 13.5. The number of nitrogens with one attached hydrogen (secondary N) is 1. The van der Waals surface area contributed by atoms with Gasteiger partial charge in [-0.1, -0.05) is 48.5 Å². The van der Waals surface area contributed by atoms with Gasteiger partial charge in [0.05, 0.1) is 18.6 Å². The lowest BCUT2D eigenvalue weighted by Crippen LogP contribution is -2.48. The van der Waals surface area contributed by atoms with Gasteiger partial charge in [0.15, 0.2) is 0 Å². The number of rotatable bonds is 11. The van der Waals surface area contributed by atoms with Crippen LogP contribution in [0.15, 0.2) is 84.9 Å². The second-order valence-corrected chi connectivity index (χ2v) is 11.8. The number of piperidine rings is 1. The molecular weight excluding hydrogens is 498 g/mol. The molecule has 1 aliphatic heterocycles. The van der Waals surface area contributed by atoms with E-state index in [-0.39, 0.29) is 17.7 Å². The molecule has 1 saturated heterocycles. The number of carbonyl (C=O) groups excluding carboxylic acids is 1. The molecule has 1 aliphatic rings. The normalized spacial score (nSPS) is 15.5. The predicted molar refractivity (Wildman–Crippen MR) is 153 cm³/mol. The number of para-hydroxylation sites is 1. The monoisotopic (exact) mass is 535 g/mol. The number of sulfonamides is 1. The predicted octanol–water partition coefficient (Wildman–Crippen LogP) is 5.16. The average molecular weight is 536 g/mol. The second kappa shape index (κ2) is 12.9. The van der Waals surface area contributed by atoms with E-state index in [0.29, 0.717) is 24.6 Å². The van der Waals surface area contributed by atoms with Crippen molar-refractivity contribution in [2.24, 2.45) is 5.92 Å². The summed E-state index contributed by atoms with van der Waals surface area (Å²) in [5.41, 5.74) is 2.22. The van der Waals surface area contributed by atoms with Crippen molar-refractivity contribution >= 4 is 27.3 Å². The van der Waals surface area contributed by atoms with Gasteiger partial charge in [-0.05, 0) is 80.7 Å². The van der Waals surface area contributed by atoms with Gasteiger partial charge in [0.2, 0.25) is 15.9 Å². The maximum atomic E-state index is 13.5. The van der Waals surface area contributed by atoms with Gasteiger partial charge in [0, 0.05) is 24.7 Å². The third-order valence-corrected chi connectivity index (χ3v) is 8.85. The largest absolute Gasteiger partial charge is 0.497 e. The van der Waals surface area contributed by atoms with E-state index in [9.17, 15) is 13.2 Å². The summed E-state index contributed by atoms with van der Waals surface area (Å²) in [6, 6.07) is 26.0. The summed E-state index contributed by atoms with van der Waals surface area (Å²) in [6.07, 6.45) is 2.29. The van der Waals surface area contributed by atoms with Crippen LogP contribution >= 0.6 is 0 Å². The highest BCUT2D eigenvalue weighted by atomic mass is 32.2.